The first-order valence-electron chi connectivity index (χ1n) is 4.88. The van der Waals surface area contributed by atoms with Crippen molar-refractivity contribution in [1.82, 2.24) is 0 Å². The van der Waals surface area contributed by atoms with E-state index in [9.17, 15) is 14.9 Å². The highest BCUT2D eigenvalue weighted by Crippen LogP contribution is 2.25. The molecule has 1 unspecified atom stereocenters. The summed E-state index contributed by atoms with van der Waals surface area (Å²) < 4.78 is 5.24. The largest absolute Gasteiger partial charge is 0.478 e. The standard InChI is InChI=1S/C12H11NO4/c1-4-8(2)17-10-5-6-11(9(3)14)12(7-10)13(15)16/h1,5-8H,2-3H3. The first-order valence-corrected chi connectivity index (χ1v) is 4.88. The minimum absolute atomic E-state index is 0.0516. The molecule has 0 bridgehead atoms. The summed E-state index contributed by atoms with van der Waals surface area (Å²) in [6.45, 7) is 2.91. The lowest BCUT2D eigenvalue weighted by Crippen LogP contribution is -2.09. The molecule has 0 fully saturated rings. The summed E-state index contributed by atoms with van der Waals surface area (Å²) >= 11 is 0. The number of nitro benzene ring substituents is 1. The lowest BCUT2D eigenvalue weighted by atomic mass is 10.1. The lowest BCUT2D eigenvalue weighted by Gasteiger charge is -2.09. The molecular formula is C12H11NO4. The zero-order chi connectivity index (χ0) is 13.0. The quantitative estimate of drug-likeness (QED) is 0.346. The Morgan fingerprint density at radius 3 is 2.71 bits per heavy atom. The Kier molecular flexibility index (Phi) is 3.83. The fraction of sp³-hybridized carbons (Fsp3) is 0.250. The van der Waals surface area contributed by atoms with Crippen LogP contribution in [0.15, 0.2) is 18.2 Å². The van der Waals surface area contributed by atoms with E-state index in [2.05, 4.69) is 5.92 Å². The van der Waals surface area contributed by atoms with Gasteiger partial charge in [-0.05, 0) is 26.0 Å². The van der Waals surface area contributed by atoms with Gasteiger partial charge in [0.25, 0.3) is 5.69 Å². The lowest BCUT2D eigenvalue weighted by molar-refractivity contribution is -0.385. The predicted molar refractivity (Wildman–Crippen MR) is 62.0 cm³/mol. The molecule has 5 heteroatoms. The summed E-state index contributed by atoms with van der Waals surface area (Å²) in [7, 11) is 0. The molecule has 0 N–H and O–H groups in total. The molecule has 0 aliphatic carbocycles. The third-order valence-corrected chi connectivity index (χ3v) is 2.09. The van der Waals surface area contributed by atoms with Gasteiger partial charge in [-0.3, -0.25) is 14.9 Å². The van der Waals surface area contributed by atoms with E-state index in [1.165, 1.54) is 25.1 Å². The van der Waals surface area contributed by atoms with Gasteiger partial charge < -0.3 is 4.74 Å². The topological polar surface area (TPSA) is 69.4 Å². The number of carbonyl (C=O) groups is 1. The third kappa shape index (κ3) is 3.05. The number of hydrogen-bond acceptors (Lipinski definition) is 4. The van der Waals surface area contributed by atoms with E-state index in [-0.39, 0.29) is 22.8 Å². The zero-order valence-electron chi connectivity index (χ0n) is 9.47. The molecule has 88 valence electrons. The number of carbonyl (C=O) groups excluding carboxylic acids is 1. The van der Waals surface area contributed by atoms with Crippen LogP contribution in [-0.4, -0.2) is 16.8 Å². The smallest absolute Gasteiger partial charge is 0.283 e. The van der Waals surface area contributed by atoms with Crippen molar-refractivity contribution in [2.24, 2.45) is 0 Å². The molecule has 1 rings (SSSR count). The fourth-order valence-corrected chi connectivity index (χ4v) is 1.27. The number of rotatable bonds is 4. The van der Waals surface area contributed by atoms with Crippen molar-refractivity contribution in [3.63, 3.8) is 0 Å². The maximum atomic E-state index is 11.2. The normalized spacial score (nSPS) is 11.4. The Hall–Kier alpha value is -2.35. The van der Waals surface area contributed by atoms with Crippen LogP contribution in [0.25, 0.3) is 0 Å². The summed E-state index contributed by atoms with van der Waals surface area (Å²) in [6.07, 6.45) is 4.64. The van der Waals surface area contributed by atoms with E-state index in [0.717, 1.165) is 0 Å². The summed E-state index contributed by atoms with van der Waals surface area (Å²) in [5, 5.41) is 10.8. The van der Waals surface area contributed by atoms with Crippen molar-refractivity contribution in [1.29, 1.82) is 0 Å². The molecule has 5 nitrogen and oxygen atoms in total. The molecule has 0 heterocycles. The number of nitro groups is 1. The Balaban J connectivity index is 3.15. The average molecular weight is 233 g/mol. The van der Waals surface area contributed by atoms with E-state index in [0.29, 0.717) is 0 Å². The maximum absolute atomic E-state index is 11.2. The molecule has 0 aliphatic heterocycles. The second-order valence-corrected chi connectivity index (χ2v) is 3.42. The van der Waals surface area contributed by atoms with Crippen molar-refractivity contribution in [2.75, 3.05) is 0 Å². The van der Waals surface area contributed by atoms with Crippen molar-refractivity contribution in [2.45, 2.75) is 20.0 Å². The van der Waals surface area contributed by atoms with Gasteiger partial charge in [0.15, 0.2) is 11.9 Å². The summed E-state index contributed by atoms with van der Waals surface area (Å²) in [4.78, 5) is 21.4. The first-order chi connectivity index (χ1) is 7.95. The molecular weight excluding hydrogens is 222 g/mol. The molecule has 0 saturated heterocycles. The van der Waals surface area contributed by atoms with Gasteiger partial charge in [0, 0.05) is 0 Å². The van der Waals surface area contributed by atoms with Crippen LogP contribution in [0.4, 0.5) is 5.69 Å². The fourth-order valence-electron chi connectivity index (χ4n) is 1.27. The van der Waals surface area contributed by atoms with Gasteiger partial charge in [-0.15, -0.1) is 6.42 Å². The third-order valence-electron chi connectivity index (χ3n) is 2.09. The number of benzene rings is 1. The summed E-state index contributed by atoms with van der Waals surface area (Å²) in [5.74, 6) is 2.24. The molecule has 1 atom stereocenters. The summed E-state index contributed by atoms with van der Waals surface area (Å²) in [6, 6.07) is 4.04. The Bertz CT molecular complexity index is 502. The van der Waals surface area contributed by atoms with Crippen molar-refractivity contribution in [3.05, 3.63) is 33.9 Å². The monoisotopic (exact) mass is 233 g/mol. The molecule has 0 saturated carbocycles. The second-order valence-electron chi connectivity index (χ2n) is 3.42. The van der Waals surface area contributed by atoms with E-state index in [4.69, 9.17) is 11.2 Å². The van der Waals surface area contributed by atoms with Crippen LogP contribution in [0, 0.1) is 22.5 Å². The summed E-state index contributed by atoms with van der Waals surface area (Å²) in [5.41, 5.74) is -0.227. The van der Waals surface area contributed by atoms with E-state index in [1.54, 1.807) is 6.92 Å². The van der Waals surface area contributed by atoms with Crippen LogP contribution < -0.4 is 4.74 Å². The van der Waals surface area contributed by atoms with Gasteiger partial charge in [0.2, 0.25) is 0 Å². The number of terminal acetylenes is 1. The Morgan fingerprint density at radius 1 is 1.59 bits per heavy atom. The van der Waals surface area contributed by atoms with E-state index < -0.39 is 11.0 Å². The van der Waals surface area contributed by atoms with Crippen LogP contribution in [0.1, 0.15) is 24.2 Å². The van der Waals surface area contributed by atoms with Crippen molar-refractivity contribution in [3.8, 4) is 18.1 Å². The maximum Gasteiger partial charge on any atom is 0.283 e. The van der Waals surface area contributed by atoms with Gasteiger partial charge in [0.1, 0.15) is 5.75 Å². The van der Waals surface area contributed by atoms with Crippen molar-refractivity contribution >= 4 is 11.5 Å². The second kappa shape index (κ2) is 5.12. The van der Waals surface area contributed by atoms with Gasteiger partial charge in [-0.1, -0.05) is 5.92 Å². The van der Waals surface area contributed by atoms with Crippen LogP contribution in [0.3, 0.4) is 0 Å². The Morgan fingerprint density at radius 2 is 2.24 bits per heavy atom. The van der Waals surface area contributed by atoms with Crippen LogP contribution in [0.5, 0.6) is 5.75 Å². The zero-order valence-corrected chi connectivity index (χ0v) is 9.47. The highest BCUT2D eigenvalue weighted by molar-refractivity contribution is 5.98. The number of nitrogens with zero attached hydrogens (tertiary/aromatic N) is 1. The number of ether oxygens (including phenoxy) is 1. The molecule has 0 aromatic heterocycles. The highest BCUT2D eigenvalue weighted by Gasteiger charge is 2.18. The molecule has 1 aromatic rings. The molecule has 0 aliphatic rings. The van der Waals surface area contributed by atoms with Gasteiger partial charge >= 0.3 is 0 Å². The number of ketones is 1. The molecule has 1 aromatic carbocycles. The minimum Gasteiger partial charge on any atom is -0.478 e. The predicted octanol–water partition coefficient (Wildman–Crippen LogP) is 2.20. The Labute approximate surface area is 98.5 Å². The first kappa shape index (κ1) is 12.7. The van der Waals surface area contributed by atoms with Crippen LogP contribution in [-0.2, 0) is 0 Å². The highest BCUT2D eigenvalue weighted by atomic mass is 16.6. The van der Waals surface area contributed by atoms with Crippen molar-refractivity contribution < 1.29 is 14.5 Å². The average Bonchev–Trinajstić information content (AvgIpc) is 2.28. The molecule has 0 radical (unpaired) electrons. The van der Waals surface area contributed by atoms with Crippen LogP contribution >= 0.6 is 0 Å². The van der Waals surface area contributed by atoms with Gasteiger partial charge in [0.05, 0.1) is 16.6 Å². The van der Waals surface area contributed by atoms with Gasteiger partial charge in [-0.2, -0.15) is 0 Å². The van der Waals surface area contributed by atoms with Gasteiger partial charge in [-0.25, -0.2) is 0 Å². The molecule has 0 amide bonds. The number of hydrogen-bond donors (Lipinski definition) is 0. The number of Topliss-reactive ketones (excluding diaryl/α,β-unsaturated/α-hetero) is 1. The van der Waals surface area contributed by atoms with Crippen LogP contribution in [0.2, 0.25) is 0 Å². The van der Waals surface area contributed by atoms with E-state index >= 15 is 0 Å². The van der Waals surface area contributed by atoms with E-state index in [1.807, 2.05) is 0 Å². The molecule has 0 spiro atoms. The molecule has 17 heavy (non-hydrogen) atoms. The SMILES string of the molecule is C#CC(C)Oc1ccc(C(C)=O)c([N+](=O)[O-])c1. The minimum atomic E-state index is -0.621.